The van der Waals surface area contributed by atoms with Crippen LogP contribution in [0.4, 0.5) is 17.6 Å². The summed E-state index contributed by atoms with van der Waals surface area (Å²) in [6, 6.07) is 6.02. The molecule has 0 aromatic heterocycles. The van der Waals surface area contributed by atoms with E-state index in [9.17, 15) is 17.6 Å². The van der Waals surface area contributed by atoms with Gasteiger partial charge < -0.3 is 5.32 Å². The summed E-state index contributed by atoms with van der Waals surface area (Å²) in [7, 11) is 0. The summed E-state index contributed by atoms with van der Waals surface area (Å²) in [6.45, 7) is 3.30. The van der Waals surface area contributed by atoms with Gasteiger partial charge in [0.2, 0.25) is 0 Å². The lowest BCUT2D eigenvalue weighted by atomic mass is 10.0. The second kappa shape index (κ2) is 6.72. The summed E-state index contributed by atoms with van der Waals surface area (Å²) in [5.74, 6) is -4.95. The first-order chi connectivity index (χ1) is 10.0. The molecule has 0 atom stereocenters. The van der Waals surface area contributed by atoms with E-state index in [0.717, 1.165) is 30.7 Å². The molecule has 112 valence electrons. The van der Waals surface area contributed by atoms with Crippen molar-refractivity contribution in [1.82, 2.24) is 5.32 Å². The van der Waals surface area contributed by atoms with E-state index in [-0.39, 0.29) is 11.1 Å². The third-order valence-corrected chi connectivity index (χ3v) is 3.11. The number of halogens is 4. The molecule has 1 N–H and O–H groups in total. The van der Waals surface area contributed by atoms with E-state index in [4.69, 9.17) is 0 Å². The standard InChI is InChI=1S/C16H15F4N/c1-2-7-21-9-10-3-5-13(17)12(8-10)11-4-6-14(18)16(20)15(11)19/h3-6,8,21H,2,7,9H2,1H3. The van der Waals surface area contributed by atoms with Crippen LogP contribution in [0.3, 0.4) is 0 Å². The summed E-state index contributed by atoms with van der Waals surface area (Å²) in [5.41, 5.74) is 0.370. The molecular weight excluding hydrogens is 282 g/mol. The van der Waals surface area contributed by atoms with E-state index in [1.165, 1.54) is 12.1 Å². The minimum Gasteiger partial charge on any atom is -0.313 e. The molecule has 0 saturated heterocycles. The van der Waals surface area contributed by atoms with Gasteiger partial charge in [-0.15, -0.1) is 0 Å². The highest BCUT2D eigenvalue weighted by Crippen LogP contribution is 2.29. The van der Waals surface area contributed by atoms with E-state index in [1.807, 2.05) is 6.92 Å². The second-order valence-electron chi connectivity index (χ2n) is 4.71. The summed E-state index contributed by atoms with van der Waals surface area (Å²) < 4.78 is 53.8. The van der Waals surface area contributed by atoms with Gasteiger partial charge in [-0.05, 0) is 42.8 Å². The van der Waals surface area contributed by atoms with Crippen LogP contribution in [0, 0.1) is 23.3 Å². The normalized spacial score (nSPS) is 10.9. The van der Waals surface area contributed by atoms with Gasteiger partial charge in [0.15, 0.2) is 17.5 Å². The Kier molecular flexibility index (Phi) is 4.96. The van der Waals surface area contributed by atoms with Gasteiger partial charge in [-0.25, -0.2) is 17.6 Å². The third kappa shape index (κ3) is 3.42. The Morgan fingerprint density at radius 1 is 0.857 bits per heavy atom. The molecule has 0 aliphatic carbocycles. The fraction of sp³-hybridized carbons (Fsp3) is 0.250. The topological polar surface area (TPSA) is 12.0 Å². The van der Waals surface area contributed by atoms with Crippen molar-refractivity contribution in [2.24, 2.45) is 0 Å². The molecule has 0 amide bonds. The average Bonchev–Trinajstić information content (AvgIpc) is 2.47. The Labute approximate surface area is 120 Å². The molecule has 0 radical (unpaired) electrons. The zero-order valence-electron chi connectivity index (χ0n) is 11.5. The largest absolute Gasteiger partial charge is 0.313 e. The van der Waals surface area contributed by atoms with Crippen molar-refractivity contribution in [3.05, 3.63) is 59.2 Å². The first-order valence-corrected chi connectivity index (χ1v) is 6.67. The number of benzene rings is 2. The molecule has 21 heavy (non-hydrogen) atoms. The number of rotatable bonds is 5. The van der Waals surface area contributed by atoms with Gasteiger partial charge >= 0.3 is 0 Å². The van der Waals surface area contributed by atoms with Gasteiger partial charge in [-0.1, -0.05) is 13.0 Å². The van der Waals surface area contributed by atoms with Crippen LogP contribution in [-0.4, -0.2) is 6.54 Å². The molecule has 2 aromatic carbocycles. The van der Waals surface area contributed by atoms with Crippen LogP contribution in [0.2, 0.25) is 0 Å². The summed E-state index contributed by atoms with van der Waals surface area (Å²) in [4.78, 5) is 0. The van der Waals surface area contributed by atoms with E-state index < -0.39 is 23.3 Å². The van der Waals surface area contributed by atoms with Crippen LogP contribution in [-0.2, 0) is 6.54 Å². The molecule has 5 heteroatoms. The van der Waals surface area contributed by atoms with Crippen LogP contribution in [0.15, 0.2) is 30.3 Å². The van der Waals surface area contributed by atoms with E-state index in [0.29, 0.717) is 6.54 Å². The van der Waals surface area contributed by atoms with Gasteiger partial charge in [-0.3, -0.25) is 0 Å². The van der Waals surface area contributed by atoms with Crippen LogP contribution >= 0.6 is 0 Å². The maximum Gasteiger partial charge on any atom is 0.195 e. The molecule has 0 unspecified atom stereocenters. The highest BCUT2D eigenvalue weighted by atomic mass is 19.2. The fourth-order valence-electron chi connectivity index (χ4n) is 2.03. The molecule has 1 nitrogen and oxygen atoms in total. The Hall–Kier alpha value is -1.88. The lowest BCUT2D eigenvalue weighted by Gasteiger charge is -2.09. The van der Waals surface area contributed by atoms with Crippen molar-refractivity contribution in [2.45, 2.75) is 19.9 Å². The lowest BCUT2D eigenvalue weighted by molar-refractivity contribution is 0.448. The molecule has 0 bridgehead atoms. The second-order valence-corrected chi connectivity index (χ2v) is 4.71. The first-order valence-electron chi connectivity index (χ1n) is 6.67. The van der Waals surface area contributed by atoms with Gasteiger partial charge in [-0.2, -0.15) is 0 Å². The molecule has 2 rings (SSSR count). The van der Waals surface area contributed by atoms with Gasteiger partial charge in [0.25, 0.3) is 0 Å². The van der Waals surface area contributed by atoms with Gasteiger partial charge in [0.05, 0.1) is 0 Å². The highest BCUT2D eigenvalue weighted by Gasteiger charge is 2.17. The average molecular weight is 297 g/mol. The third-order valence-electron chi connectivity index (χ3n) is 3.11. The van der Waals surface area contributed by atoms with Crippen LogP contribution < -0.4 is 5.32 Å². The molecule has 0 fully saturated rings. The lowest BCUT2D eigenvalue weighted by Crippen LogP contribution is -2.13. The predicted molar refractivity (Wildman–Crippen MR) is 73.7 cm³/mol. The quantitative estimate of drug-likeness (QED) is 0.490. The van der Waals surface area contributed by atoms with Crippen molar-refractivity contribution in [3.8, 4) is 11.1 Å². The van der Waals surface area contributed by atoms with Crippen LogP contribution in [0.1, 0.15) is 18.9 Å². The minimum atomic E-state index is -1.60. The molecule has 0 heterocycles. The van der Waals surface area contributed by atoms with E-state index in [2.05, 4.69) is 5.32 Å². The molecular formula is C16H15F4N. The Morgan fingerprint density at radius 3 is 2.29 bits per heavy atom. The number of hydrogen-bond donors (Lipinski definition) is 1. The van der Waals surface area contributed by atoms with Crippen LogP contribution in [0.25, 0.3) is 11.1 Å². The van der Waals surface area contributed by atoms with E-state index in [1.54, 1.807) is 6.07 Å². The van der Waals surface area contributed by atoms with Gasteiger partial charge in [0, 0.05) is 17.7 Å². The highest BCUT2D eigenvalue weighted by molar-refractivity contribution is 5.65. The maximum atomic E-state index is 13.9. The van der Waals surface area contributed by atoms with Crippen molar-refractivity contribution in [3.63, 3.8) is 0 Å². The van der Waals surface area contributed by atoms with Crippen molar-refractivity contribution < 1.29 is 17.6 Å². The fourth-order valence-corrected chi connectivity index (χ4v) is 2.03. The molecule has 0 spiro atoms. The monoisotopic (exact) mass is 297 g/mol. The zero-order chi connectivity index (χ0) is 15.4. The maximum absolute atomic E-state index is 13.9. The number of hydrogen-bond acceptors (Lipinski definition) is 1. The van der Waals surface area contributed by atoms with Crippen LogP contribution in [0.5, 0.6) is 0 Å². The summed E-state index contributed by atoms with van der Waals surface area (Å²) in [6.07, 6.45) is 0.950. The summed E-state index contributed by atoms with van der Waals surface area (Å²) >= 11 is 0. The molecule has 0 saturated carbocycles. The zero-order valence-corrected chi connectivity index (χ0v) is 11.5. The Balaban J connectivity index is 2.39. The SMILES string of the molecule is CCCNCc1ccc(F)c(-c2ccc(F)c(F)c2F)c1. The number of nitrogens with one attached hydrogen (secondary N) is 1. The Bertz CT molecular complexity index is 640. The molecule has 2 aromatic rings. The van der Waals surface area contributed by atoms with Gasteiger partial charge in [0.1, 0.15) is 5.82 Å². The molecule has 0 aliphatic rings. The minimum absolute atomic E-state index is 0.0813. The Morgan fingerprint density at radius 2 is 1.57 bits per heavy atom. The molecule has 0 aliphatic heterocycles. The van der Waals surface area contributed by atoms with Crippen molar-refractivity contribution in [1.29, 1.82) is 0 Å². The van der Waals surface area contributed by atoms with Crippen molar-refractivity contribution >= 4 is 0 Å². The predicted octanol–water partition coefficient (Wildman–Crippen LogP) is 4.41. The first kappa shape index (κ1) is 15.5. The summed E-state index contributed by atoms with van der Waals surface area (Å²) in [5, 5.41) is 3.13. The van der Waals surface area contributed by atoms with Crippen molar-refractivity contribution in [2.75, 3.05) is 6.54 Å². The smallest absolute Gasteiger partial charge is 0.195 e. The van der Waals surface area contributed by atoms with E-state index >= 15 is 0 Å².